The molecule has 4 rings (SSSR count). The van der Waals surface area contributed by atoms with E-state index in [1.807, 2.05) is 18.2 Å². The van der Waals surface area contributed by atoms with Crippen molar-refractivity contribution in [2.24, 2.45) is 7.05 Å². The standard InChI is InChI=1S/C18H15FN4O/c1-23-18(20-10-21-23)15-16(11-6-8-12(19)9-7-11)22-14-5-3-2-4-13(14)17(15)24/h2-10,15-16,22H,1H3. The molecule has 3 aromatic rings. The predicted molar refractivity (Wildman–Crippen MR) is 87.3 cm³/mol. The van der Waals surface area contributed by atoms with Gasteiger partial charge < -0.3 is 5.32 Å². The molecule has 6 heteroatoms. The van der Waals surface area contributed by atoms with E-state index in [-0.39, 0.29) is 17.6 Å². The third kappa shape index (κ3) is 2.27. The highest BCUT2D eigenvalue weighted by atomic mass is 19.1. The number of halogens is 1. The fourth-order valence-electron chi connectivity index (χ4n) is 3.19. The number of carbonyl (C=O) groups excluding carboxylic acids is 1. The van der Waals surface area contributed by atoms with E-state index in [4.69, 9.17) is 0 Å². The number of nitrogens with zero attached hydrogens (tertiary/aromatic N) is 3. The molecule has 0 fully saturated rings. The van der Waals surface area contributed by atoms with E-state index >= 15 is 0 Å². The van der Waals surface area contributed by atoms with Crippen LogP contribution in [0.15, 0.2) is 54.9 Å². The molecule has 2 atom stereocenters. The molecule has 0 aliphatic carbocycles. The largest absolute Gasteiger partial charge is 0.376 e. The van der Waals surface area contributed by atoms with Crippen LogP contribution in [0.1, 0.15) is 33.7 Å². The number of aryl methyl sites for hydroxylation is 1. The van der Waals surface area contributed by atoms with Crippen molar-refractivity contribution in [3.63, 3.8) is 0 Å². The minimum Gasteiger partial charge on any atom is -0.376 e. The van der Waals surface area contributed by atoms with Crippen molar-refractivity contribution < 1.29 is 9.18 Å². The number of aromatic nitrogens is 3. The summed E-state index contributed by atoms with van der Waals surface area (Å²) in [4.78, 5) is 17.4. The van der Waals surface area contributed by atoms with E-state index in [9.17, 15) is 9.18 Å². The van der Waals surface area contributed by atoms with E-state index in [0.29, 0.717) is 11.4 Å². The third-order valence-electron chi connectivity index (χ3n) is 4.37. The van der Waals surface area contributed by atoms with E-state index in [0.717, 1.165) is 11.3 Å². The van der Waals surface area contributed by atoms with Crippen molar-refractivity contribution >= 4 is 11.5 Å². The Bertz CT molecular complexity index is 903. The summed E-state index contributed by atoms with van der Waals surface area (Å²) in [6.45, 7) is 0. The predicted octanol–water partition coefficient (Wildman–Crippen LogP) is 3.09. The summed E-state index contributed by atoms with van der Waals surface area (Å²) >= 11 is 0. The van der Waals surface area contributed by atoms with Crippen LogP contribution in [0.5, 0.6) is 0 Å². The van der Waals surface area contributed by atoms with Gasteiger partial charge in [0.15, 0.2) is 5.78 Å². The van der Waals surface area contributed by atoms with Crippen molar-refractivity contribution in [2.45, 2.75) is 12.0 Å². The maximum absolute atomic E-state index is 13.3. The first-order chi connectivity index (χ1) is 11.6. The maximum atomic E-state index is 13.3. The quantitative estimate of drug-likeness (QED) is 0.787. The molecule has 1 aromatic heterocycles. The minimum atomic E-state index is -0.530. The highest BCUT2D eigenvalue weighted by Crippen LogP contribution is 2.41. The zero-order valence-electron chi connectivity index (χ0n) is 13.0. The van der Waals surface area contributed by atoms with Gasteiger partial charge >= 0.3 is 0 Å². The van der Waals surface area contributed by atoms with Crippen molar-refractivity contribution in [1.29, 1.82) is 0 Å². The lowest BCUT2D eigenvalue weighted by molar-refractivity contribution is 0.0939. The van der Waals surface area contributed by atoms with Gasteiger partial charge in [-0.2, -0.15) is 5.10 Å². The van der Waals surface area contributed by atoms with Gasteiger partial charge in [0, 0.05) is 18.3 Å². The second-order valence-corrected chi connectivity index (χ2v) is 5.80. The number of Topliss-reactive ketones (excluding diaryl/α,β-unsaturated/α-hetero) is 1. The van der Waals surface area contributed by atoms with Gasteiger partial charge in [0.1, 0.15) is 23.9 Å². The lowest BCUT2D eigenvalue weighted by Gasteiger charge is -2.33. The Hall–Kier alpha value is -3.02. The number of hydrogen-bond donors (Lipinski definition) is 1. The minimum absolute atomic E-state index is 0.0187. The monoisotopic (exact) mass is 322 g/mol. The molecule has 2 heterocycles. The molecule has 1 N–H and O–H groups in total. The number of fused-ring (bicyclic) bond motifs is 1. The fraction of sp³-hybridized carbons (Fsp3) is 0.167. The smallest absolute Gasteiger partial charge is 0.178 e. The molecule has 0 spiro atoms. The van der Waals surface area contributed by atoms with Crippen molar-refractivity contribution in [2.75, 3.05) is 5.32 Å². The number of hydrogen-bond acceptors (Lipinski definition) is 4. The van der Waals surface area contributed by atoms with Gasteiger partial charge in [0.25, 0.3) is 0 Å². The Morgan fingerprint density at radius 3 is 2.58 bits per heavy atom. The summed E-state index contributed by atoms with van der Waals surface area (Å²) in [6.07, 6.45) is 1.44. The van der Waals surface area contributed by atoms with Crippen LogP contribution in [0.3, 0.4) is 0 Å². The number of benzene rings is 2. The molecule has 0 bridgehead atoms. The van der Waals surface area contributed by atoms with Crippen LogP contribution in [0.2, 0.25) is 0 Å². The lowest BCUT2D eigenvalue weighted by Crippen LogP contribution is -2.33. The zero-order chi connectivity index (χ0) is 16.7. The van der Waals surface area contributed by atoms with Gasteiger partial charge in [-0.1, -0.05) is 24.3 Å². The topological polar surface area (TPSA) is 59.8 Å². The molecule has 1 aliphatic heterocycles. The van der Waals surface area contributed by atoms with Gasteiger partial charge in [-0.25, -0.2) is 9.37 Å². The highest BCUT2D eigenvalue weighted by molar-refractivity contribution is 6.07. The molecule has 0 amide bonds. The SMILES string of the molecule is Cn1ncnc1C1C(=O)c2ccccc2NC1c1ccc(F)cc1. The van der Waals surface area contributed by atoms with Gasteiger partial charge in [-0.3, -0.25) is 9.48 Å². The molecule has 2 unspecified atom stereocenters. The number of nitrogens with one attached hydrogen (secondary N) is 1. The van der Waals surface area contributed by atoms with Crippen LogP contribution in [0.4, 0.5) is 10.1 Å². The van der Waals surface area contributed by atoms with Gasteiger partial charge in [-0.15, -0.1) is 0 Å². The first-order valence-corrected chi connectivity index (χ1v) is 7.64. The third-order valence-corrected chi connectivity index (χ3v) is 4.37. The fourth-order valence-corrected chi connectivity index (χ4v) is 3.19. The summed E-state index contributed by atoms with van der Waals surface area (Å²) in [5.41, 5.74) is 2.23. The Morgan fingerprint density at radius 2 is 1.88 bits per heavy atom. The average Bonchev–Trinajstić information content (AvgIpc) is 3.01. The van der Waals surface area contributed by atoms with Crippen LogP contribution in [-0.2, 0) is 7.05 Å². The molecule has 0 saturated heterocycles. The molecule has 1 aliphatic rings. The van der Waals surface area contributed by atoms with Crippen LogP contribution >= 0.6 is 0 Å². The maximum Gasteiger partial charge on any atom is 0.178 e. The molecule has 0 radical (unpaired) electrons. The van der Waals surface area contributed by atoms with E-state index in [1.54, 1.807) is 29.9 Å². The number of carbonyl (C=O) groups is 1. The average molecular weight is 322 g/mol. The summed E-state index contributed by atoms with van der Waals surface area (Å²) in [5, 5.41) is 7.49. The molecule has 0 saturated carbocycles. The van der Waals surface area contributed by atoms with Crippen LogP contribution in [0.25, 0.3) is 0 Å². The molecule has 24 heavy (non-hydrogen) atoms. The second-order valence-electron chi connectivity index (χ2n) is 5.80. The summed E-state index contributed by atoms with van der Waals surface area (Å²) in [6, 6.07) is 13.2. The Kier molecular flexibility index (Phi) is 3.37. The van der Waals surface area contributed by atoms with Gasteiger partial charge in [0.2, 0.25) is 0 Å². The van der Waals surface area contributed by atoms with Crippen molar-refractivity contribution in [3.8, 4) is 0 Å². The molecule has 5 nitrogen and oxygen atoms in total. The zero-order valence-corrected chi connectivity index (χ0v) is 13.0. The number of para-hydroxylation sites is 1. The second kappa shape index (κ2) is 5.56. The summed E-state index contributed by atoms with van der Waals surface area (Å²) < 4.78 is 14.9. The lowest BCUT2D eigenvalue weighted by atomic mass is 9.82. The molecule has 2 aromatic carbocycles. The van der Waals surface area contributed by atoms with Crippen molar-refractivity contribution in [1.82, 2.24) is 14.8 Å². The highest BCUT2D eigenvalue weighted by Gasteiger charge is 2.39. The summed E-state index contributed by atoms with van der Waals surface area (Å²) in [7, 11) is 1.76. The first kappa shape index (κ1) is 14.6. The van der Waals surface area contributed by atoms with Crippen LogP contribution < -0.4 is 5.32 Å². The molecule has 120 valence electrons. The normalized spacial score (nSPS) is 19.7. The first-order valence-electron chi connectivity index (χ1n) is 7.64. The van der Waals surface area contributed by atoms with Crippen LogP contribution in [0, 0.1) is 5.82 Å². The Morgan fingerprint density at radius 1 is 1.12 bits per heavy atom. The van der Waals surface area contributed by atoms with Gasteiger partial charge in [-0.05, 0) is 29.8 Å². The number of anilines is 1. The summed E-state index contributed by atoms with van der Waals surface area (Å²) in [5.74, 6) is -0.277. The van der Waals surface area contributed by atoms with E-state index in [1.165, 1.54) is 18.5 Å². The Labute approximate surface area is 138 Å². The van der Waals surface area contributed by atoms with E-state index < -0.39 is 5.92 Å². The number of rotatable bonds is 2. The van der Waals surface area contributed by atoms with Crippen molar-refractivity contribution in [3.05, 3.63) is 77.6 Å². The molecular formula is C18H15FN4O. The number of ketones is 1. The van der Waals surface area contributed by atoms with E-state index in [2.05, 4.69) is 15.4 Å². The van der Waals surface area contributed by atoms with Gasteiger partial charge in [0.05, 0.1) is 6.04 Å². The van der Waals surface area contributed by atoms with Crippen LogP contribution in [-0.4, -0.2) is 20.5 Å². The Balaban J connectivity index is 1.87. The molecular weight excluding hydrogens is 307 g/mol.